The Labute approximate surface area is 249 Å². The Morgan fingerprint density at radius 3 is 2.36 bits per heavy atom. The summed E-state index contributed by atoms with van der Waals surface area (Å²) in [6, 6.07) is 6.22. The molecule has 2 heterocycles. The highest BCUT2D eigenvalue weighted by molar-refractivity contribution is 7.98. The van der Waals surface area contributed by atoms with Gasteiger partial charge in [0.15, 0.2) is 5.16 Å². The number of unbranched alkanes of at least 4 members (excludes halogenated alkanes) is 2. The Morgan fingerprint density at radius 1 is 0.976 bits per heavy atom. The molecule has 0 unspecified atom stereocenters. The number of thioether (sulfide) groups is 1. The topological polar surface area (TPSA) is 128 Å². The van der Waals surface area contributed by atoms with Gasteiger partial charge in [-0.3, -0.25) is 9.59 Å². The number of halogens is 1. The number of carbonyl (C=O) groups excluding carboxylic acids is 2. The molecular formula is C30H39FN6O4S. The smallest absolute Gasteiger partial charge is 0.407 e. The summed E-state index contributed by atoms with van der Waals surface area (Å²) >= 11 is 1.39. The molecular weight excluding hydrogens is 559 g/mol. The van der Waals surface area contributed by atoms with Crippen LogP contribution in [-0.4, -0.2) is 50.2 Å². The lowest BCUT2D eigenvalue weighted by atomic mass is 10.1. The van der Waals surface area contributed by atoms with Crippen LogP contribution in [0.3, 0.4) is 0 Å². The molecule has 42 heavy (non-hydrogen) atoms. The molecule has 226 valence electrons. The fourth-order valence-corrected chi connectivity index (χ4v) is 4.89. The van der Waals surface area contributed by atoms with Gasteiger partial charge in [0.2, 0.25) is 5.91 Å². The Bertz CT molecular complexity index is 1350. The van der Waals surface area contributed by atoms with E-state index in [4.69, 9.17) is 4.74 Å². The van der Waals surface area contributed by atoms with E-state index in [2.05, 4.69) is 25.6 Å². The second-order valence-corrected chi connectivity index (χ2v) is 11.8. The maximum atomic E-state index is 13.3. The van der Waals surface area contributed by atoms with Crippen molar-refractivity contribution in [3.05, 3.63) is 82.0 Å². The van der Waals surface area contributed by atoms with Crippen LogP contribution in [0.5, 0.6) is 0 Å². The average Bonchev–Trinajstić information content (AvgIpc) is 2.93. The van der Waals surface area contributed by atoms with Gasteiger partial charge in [0.25, 0.3) is 5.56 Å². The quantitative estimate of drug-likeness (QED) is 0.147. The van der Waals surface area contributed by atoms with Crippen LogP contribution >= 0.6 is 11.8 Å². The molecule has 0 aliphatic heterocycles. The minimum absolute atomic E-state index is 0.0435. The van der Waals surface area contributed by atoms with Crippen molar-refractivity contribution < 1.29 is 18.7 Å². The number of aryl methyl sites for hydroxylation is 1. The number of aromatic nitrogens is 4. The zero-order valence-electron chi connectivity index (χ0n) is 24.4. The largest absolute Gasteiger partial charge is 0.444 e. The highest BCUT2D eigenvalue weighted by atomic mass is 32.2. The molecule has 0 radical (unpaired) electrons. The third kappa shape index (κ3) is 12.4. The zero-order chi connectivity index (χ0) is 30.4. The number of hydrogen-bond acceptors (Lipinski definition) is 8. The first-order valence-corrected chi connectivity index (χ1v) is 15.0. The predicted octanol–water partition coefficient (Wildman–Crippen LogP) is 4.65. The Kier molecular flexibility index (Phi) is 12.9. The van der Waals surface area contributed by atoms with Crippen molar-refractivity contribution in [1.29, 1.82) is 0 Å². The molecule has 2 aromatic heterocycles. The van der Waals surface area contributed by atoms with E-state index in [0.717, 1.165) is 30.4 Å². The van der Waals surface area contributed by atoms with Gasteiger partial charge in [-0.05, 0) is 69.7 Å². The molecule has 0 saturated carbocycles. The van der Waals surface area contributed by atoms with Crippen molar-refractivity contribution in [2.24, 2.45) is 0 Å². The van der Waals surface area contributed by atoms with Crippen molar-refractivity contribution in [3.63, 3.8) is 0 Å². The van der Waals surface area contributed by atoms with E-state index in [1.807, 2.05) is 25.3 Å². The van der Waals surface area contributed by atoms with Gasteiger partial charge in [-0.2, -0.15) is 4.98 Å². The number of carbonyl (C=O) groups is 2. The van der Waals surface area contributed by atoms with Crippen molar-refractivity contribution in [1.82, 2.24) is 30.2 Å². The Balaban J connectivity index is 1.48. The minimum Gasteiger partial charge on any atom is -0.444 e. The summed E-state index contributed by atoms with van der Waals surface area (Å²) in [6.07, 6.45) is 9.84. The van der Waals surface area contributed by atoms with E-state index >= 15 is 0 Å². The summed E-state index contributed by atoms with van der Waals surface area (Å²) in [5, 5.41) is 6.21. The van der Waals surface area contributed by atoms with E-state index in [1.54, 1.807) is 30.7 Å². The van der Waals surface area contributed by atoms with Crippen molar-refractivity contribution in [2.45, 2.75) is 82.4 Å². The van der Waals surface area contributed by atoms with Crippen LogP contribution in [0.1, 0.15) is 69.6 Å². The number of alkyl carbamates (subject to hydrolysis) is 1. The first-order valence-electron chi connectivity index (χ1n) is 14.0. The lowest BCUT2D eigenvalue weighted by Crippen LogP contribution is -2.33. The number of ether oxygens (including phenoxy) is 1. The summed E-state index contributed by atoms with van der Waals surface area (Å²) in [4.78, 5) is 49.3. The summed E-state index contributed by atoms with van der Waals surface area (Å²) in [6.45, 7) is 7.05. The third-order valence-electron chi connectivity index (χ3n) is 5.97. The fourth-order valence-electron chi connectivity index (χ4n) is 3.95. The lowest BCUT2D eigenvalue weighted by molar-refractivity contribution is -0.121. The SMILES string of the molecule is CC(C)(C)OC(=O)NCCCCCNC(=O)CCCn1cc(Cc2cncnc2)c(=O)nc1SCc1ccc(F)cc1. The van der Waals surface area contributed by atoms with E-state index in [9.17, 15) is 18.8 Å². The van der Waals surface area contributed by atoms with Crippen molar-refractivity contribution in [2.75, 3.05) is 13.1 Å². The zero-order valence-corrected chi connectivity index (χ0v) is 25.2. The summed E-state index contributed by atoms with van der Waals surface area (Å²) < 4.78 is 20.4. The number of amides is 2. The van der Waals surface area contributed by atoms with E-state index in [0.29, 0.717) is 55.4 Å². The molecule has 0 saturated heterocycles. The minimum atomic E-state index is -0.521. The average molecular weight is 599 g/mol. The second-order valence-electron chi connectivity index (χ2n) is 10.8. The molecule has 2 amide bonds. The van der Waals surface area contributed by atoms with Crippen LogP contribution in [0, 0.1) is 5.82 Å². The van der Waals surface area contributed by atoms with Crippen LogP contribution in [0.4, 0.5) is 9.18 Å². The number of hydrogen-bond donors (Lipinski definition) is 2. The van der Waals surface area contributed by atoms with Crippen LogP contribution in [0.15, 0.2) is 59.1 Å². The lowest BCUT2D eigenvalue weighted by Gasteiger charge is -2.19. The molecule has 3 rings (SSSR count). The van der Waals surface area contributed by atoms with Gasteiger partial charge in [0, 0.05) is 62.4 Å². The van der Waals surface area contributed by atoms with Gasteiger partial charge in [0.05, 0.1) is 0 Å². The molecule has 0 fully saturated rings. The molecule has 3 aromatic rings. The first-order chi connectivity index (χ1) is 20.1. The normalized spacial score (nSPS) is 11.2. The van der Waals surface area contributed by atoms with Crippen LogP contribution in [0.25, 0.3) is 0 Å². The van der Waals surface area contributed by atoms with Crippen LogP contribution in [-0.2, 0) is 28.2 Å². The van der Waals surface area contributed by atoms with Gasteiger partial charge in [0.1, 0.15) is 17.7 Å². The maximum Gasteiger partial charge on any atom is 0.407 e. The summed E-state index contributed by atoms with van der Waals surface area (Å²) in [7, 11) is 0. The number of rotatable bonds is 15. The molecule has 2 N–H and O–H groups in total. The highest BCUT2D eigenvalue weighted by Crippen LogP contribution is 2.21. The molecule has 0 atom stereocenters. The molecule has 12 heteroatoms. The van der Waals surface area contributed by atoms with E-state index in [-0.39, 0.29) is 17.3 Å². The molecule has 0 aliphatic carbocycles. The summed E-state index contributed by atoms with van der Waals surface area (Å²) in [5.74, 6) is 0.173. The monoisotopic (exact) mass is 598 g/mol. The molecule has 0 aliphatic rings. The Morgan fingerprint density at radius 2 is 1.67 bits per heavy atom. The number of benzene rings is 1. The standard InChI is InChI=1S/C30H39FN6O4S/c1-30(2,3)41-29(40)35-14-6-4-5-13-34-26(38)8-7-15-37-19-24(16-23-17-32-21-33-18-23)27(39)36-28(37)42-20-22-9-11-25(31)12-10-22/h9-12,17-19,21H,4-8,13-16,20H2,1-3H3,(H,34,38)(H,35,40). The van der Waals surface area contributed by atoms with Gasteiger partial charge < -0.3 is 19.9 Å². The van der Waals surface area contributed by atoms with Crippen molar-refractivity contribution >= 4 is 23.8 Å². The van der Waals surface area contributed by atoms with E-state index in [1.165, 1.54) is 30.2 Å². The second kappa shape index (κ2) is 16.6. The predicted molar refractivity (Wildman–Crippen MR) is 160 cm³/mol. The fraction of sp³-hybridized carbons (Fsp3) is 0.467. The first kappa shape index (κ1) is 32.7. The van der Waals surface area contributed by atoms with Crippen molar-refractivity contribution in [3.8, 4) is 0 Å². The highest BCUT2D eigenvalue weighted by Gasteiger charge is 2.15. The molecule has 0 bridgehead atoms. The third-order valence-corrected chi connectivity index (χ3v) is 7.03. The number of nitrogens with zero attached hydrogens (tertiary/aromatic N) is 4. The maximum absolute atomic E-state index is 13.3. The summed E-state index contributed by atoms with van der Waals surface area (Å²) in [5.41, 5.74) is 1.38. The molecule has 1 aromatic carbocycles. The van der Waals surface area contributed by atoms with Crippen LogP contribution in [0.2, 0.25) is 0 Å². The molecule has 10 nitrogen and oxygen atoms in total. The van der Waals surface area contributed by atoms with Gasteiger partial charge in [-0.15, -0.1) is 0 Å². The van der Waals surface area contributed by atoms with Crippen LogP contribution < -0.4 is 16.2 Å². The Hall–Kier alpha value is -3.80. The van der Waals surface area contributed by atoms with Gasteiger partial charge in [-0.1, -0.05) is 23.9 Å². The van der Waals surface area contributed by atoms with E-state index < -0.39 is 11.7 Å². The molecule has 0 spiro atoms. The van der Waals surface area contributed by atoms with Gasteiger partial charge >= 0.3 is 6.09 Å². The van der Waals surface area contributed by atoms with Gasteiger partial charge in [-0.25, -0.2) is 19.2 Å². The number of nitrogens with one attached hydrogen (secondary N) is 2.